The first-order chi connectivity index (χ1) is 8.78. The third-order valence-electron chi connectivity index (χ3n) is 5.54. The predicted molar refractivity (Wildman–Crippen MR) is 78.6 cm³/mol. The van der Waals surface area contributed by atoms with Gasteiger partial charge in [0.05, 0.1) is 0 Å². The van der Waals surface area contributed by atoms with Gasteiger partial charge in [0.15, 0.2) is 0 Å². The lowest BCUT2D eigenvalue weighted by molar-refractivity contribution is 0.247. The second-order valence-corrected chi connectivity index (χ2v) is 6.70. The third kappa shape index (κ3) is 3.71. The maximum atomic E-state index is 6.10. The Morgan fingerprint density at radius 2 is 1.83 bits per heavy atom. The van der Waals surface area contributed by atoms with E-state index >= 15 is 0 Å². The Balaban J connectivity index is 1.76. The molecule has 0 amide bonds. The average Bonchev–Trinajstić information content (AvgIpc) is 2.55. The van der Waals surface area contributed by atoms with Crippen molar-refractivity contribution in [1.82, 2.24) is 5.32 Å². The van der Waals surface area contributed by atoms with Gasteiger partial charge in [0, 0.05) is 12.1 Å². The molecule has 0 aromatic heterocycles. The van der Waals surface area contributed by atoms with E-state index in [0.29, 0.717) is 0 Å². The van der Waals surface area contributed by atoms with E-state index in [0.717, 1.165) is 18.4 Å². The van der Waals surface area contributed by atoms with Crippen molar-refractivity contribution in [3.05, 3.63) is 0 Å². The van der Waals surface area contributed by atoms with Crippen molar-refractivity contribution < 1.29 is 0 Å². The predicted octanol–water partition coefficient (Wildman–Crippen LogP) is 3.45. The lowest BCUT2D eigenvalue weighted by Gasteiger charge is -2.34. The van der Waals surface area contributed by atoms with Crippen LogP contribution >= 0.6 is 0 Å². The van der Waals surface area contributed by atoms with Gasteiger partial charge in [0.1, 0.15) is 0 Å². The van der Waals surface area contributed by atoms with Gasteiger partial charge in [-0.05, 0) is 44.1 Å². The lowest BCUT2D eigenvalue weighted by Crippen LogP contribution is -2.51. The first-order valence-electron chi connectivity index (χ1n) is 8.23. The molecule has 0 aliphatic heterocycles. The second kappa shape index (κ2) is 6.91. The van der Waals surface area contributed by atoms with Crippen LogP contribution in [-0.4, -0.2) is 18.6 Å². The van der Waals surface area contributed by atoms with Crippen molar-refractivity contribution in [3.63, 3.8) is 0 Å². The molecule has 0 radical (unpaired) electrons. The Hall–Kier alpha value is -0.0800. The van der Waals surface area contributed by atoms with Gasteiger partial charge in [-0.25, -0.2) is 0 Å². The second-order valence-electron chi connectivity index (χ2n) is 6.70. The van der Waals surface area contributed by atoms with Gasteiger partial charge in [-0.2, -0.15) is 0 Å². The molecule has 106 valence electrons. The van der Waals surface area contributed by atoms with Crippen LogP contribution in [0.15, 0.2) is 0 Å². The fourth-order valence-electron chi connectivity index (χ4n) is 3.66. The van der Waals surface area contributed by atoms with Crippen molar-refractivity contribution in [1.29, 1.82) is 0 Å². The van der Waals surface area contributed by atoms with E-state index in [9.17, 15) is 0 Å². The summed E-state index contributed by atoms with van der Waals surface area (Å²) in [5.41, 5.74) is 6.37. The summed E-state index contributed by atoms with van der Waals surface area (Å²) in [5.74, 6) is 1.97. The van der Waals surface area contributed by atoms with Gasteiger partial charge in [0.25, 0.3) is 0 Å². The normalized spacial score (nSPS) is 34.0. The first-order valence-corrected chi connectivity index (χ1v) is 8.23. The van der Waals surface area contributed by atoms with E-state index in [4.69, 9.17) is 5.73 Å². The topological polar surface area (TPSA) is 38.0 Å². The number of rotatable bonds is 6. The molecule has 0 heterocycles. The smallest absolute Gasteiger partial charge is 0.0304 e. The van der Waals surface area contributed by atoms with Gasteiger partial charge < -0.3 is 11.1 Å². The molecule has 2 heteroatoms. The quantitative estimate of drug-likeness (QED) is 0.711. The molecule has 0 saturated heterocycles. The van der Waals surface area contributed by atoms with Crippen LogP contribution in [-0.2, 0) is 0 Å². The van der Waals surface area contributed by atoms with E-state index in [1.807, 2.05) is 0 Å². The zero-order chi connectivity index (χ0) is 12.8. The summed E-state index contributed by atoms with van der Waals surface area (Å²) in [6.07, 6.45) is 13.9. The molecule has 2 aliphatic carbocycles. The van der Waals surface area contributed by atoms with Crippen molar-refractivity contribution in [2.75, 3.05) is 13.1 Å². The monoisotopic (exact) mass is 252 g/mol. The maximum absolute atomic E-state index is 6.10. The summed E-state index contributed by atoms with van der Waals surface area (Å²) < 4.78 is 0. The van der Waals surface area contributed by atoms with Crippen LogP contribution in [0.2, 0.25) is 0 Å². The average molecular weight is 252 g/mol. The van der Waals surface area contributed by atoms with Crippen molar-refractivity contribution >= 4 is 0 Å². The van der Waals surface area contributed by atoms with Crippen LogP contribution in [0.3, 0.4) is 0 Å². The molecule has 2 fully saturated rings. The van der Waals surface area contributed by atoms with Crippen LogP contribution in [0.4, 0.5) is 0 Å². The molecule has 0 spiro atoms. The summed E-state index contributed by atoms with van der Waals surface area (Å²) in [5, 5.41) is 3.84. The first kappa shape index (κ1) is 14.3. The fraction of sp³-hybridized carbons (Fsp3) is 1.00. The molecule has 2 unspecified atom stereocenters. The summed E-state index contributed by atoms with van der Waals surface area (Å²) in [7, 11) is 0. The number of nitrogens with two attached hydrogens (primary N) is 1. The van der Waals surface area contributed by atoms with Crippen LogP contribution in [0, 0.1) is 11.8 Å². The molecule has 2 atom stereocenters. The molecular formula is C16H32N2. The van der Waals surface area contributed by atoms with Crippen molar-refractivity contribution in [3.8, 4) is 0 Å². The van der Waals surface area contributed by atoms with Crippen LogP contribution in [0.25, 0.3) is 0 Å². The summed E-state index contributed by atoms with van der Waals surface area (Å²) >= 11 is 0. The van der Waals surface area contributed by atoms with Gasteiger partial charge in [-0.1, -0.05) is 45.4 Å². The highest BCUT2D eigenvalue weighted by atomic mass is 15.0. The molecular weight excluding hydrogens is 220 g/mol. The van der Waals surface area contributed by atoms with E-state index < -0.39 is 0 Å². The Bertz CT molecular complexity index is 237. The fourth-order valence-corrected chi connectivity index (χ4v) is 3.66. The Kier molecular flexibility index (Phi) is 5.50. The van der Waals surface area contributed by atoms with Crippen LogP contribution in [0.5, 0.6) is 0 Å². The number of nitrogens with one attached hydrogen (secondary N) is 1. The largest absolute Gasteiger partial charge is 0.329 e. The number of hydrogen-bond acceptors (Lipinski definition) is 2. The van der Waals surface area contributed by atoms with E-state index in [1.165, 1.54) is 70.8 Å². The number of hydrogen-bond donors (Lipinski definition) is 2. The molecule has 2 saturated carbocycles. The molecule has 0 aromatic carbocycles. The highest BCUT2D eigenvalue weighted by molar-refractivity contribution is 4.92. The lowest BCUT2D eigenvalue weighted by atomic mass is 9.82. The van der Waals surface area contributed by atoms with E-state index in [-0.39, 0.29) is 5.54 Å². The Labute approximate surface area is 113 Å². The van der Waals surface area contributed by atoms with E-state index in [2.05, 4.69) is 12.2 Å². The third-order valence-corrected chi connectivity index (χ3v) is 5.54. The SMILES string of the molecule is CCC1CCCC(CN)(NCCC2CCC2)CC1. The highest BCUT2D eigenvalue weighted by Gasteiger charge is 2.31. The highest BCUT2D eigenvalue weighted by Crippen LogP contribution is 2.32. The van der Waals surface area contributed by atoms with Crippen molar-refractivity contribution in [2.45, 2.75) is 76.7 Å². The minimum absolute atomic E-state index is 0.271. The summed E-state index contributed by atoms with van der Waals surface area (Å²) in [6.45, 7) is 4.36. The standard InChI is InChI=1S/C16H32N2/c1-2-14-7-4-10-16(13-17,11-8-14)18-12-9-15-5-3-6-15/h14-15,18H,2-13,17H2,1H3. The molecule has 18 heavy (non-hydrogen) atoms. The molecule has 2 nitrogen and oxygen atoms in total. The summed E-state index contributed by atoms with van der Waals surface area (Å²) in [4.78, 5) is 0. The van der Waals surface area contributed by atoms with Crippen LogP contribution < -0.4 is 11.1 Å². The molecule has 0 aromatic rings. The molecule has 2 rings (SSSR count). The van der Waals surface area contributed by atoms with Crippen LogP contribution in [0.1, 0.15) is 71.1 Å². The van der Waals surface area contributed by atoms with Gasteiger partial charge in [0.2, 0.25) is 0 Å². The molecule has 2 aliphatic rings. The van der Waals surface area contributed by atoms with Gasteiger partial charge in [-0.15, -0.1) is 0 Å². The van der Waals surface area contributed by atoms with Crippen molar-refractivity contribution in [2.24, 2.45) is 17.6 Å². The molecule has 3 N–H and O–H groups in total. The Morgan fingerprint density at radius 3 is 2.44 bits per heavy atom. The summed E-state index contributed by atoms with van der Waals surface area (Å²) in [6, 6.07) is 0. The van der Waals surface area contributed by atoms with Gasteiger partial charge >= 0.3 is 0 Å². The minimum atomic E-state index is 0.271. The van der Waals surface area contributed by atoms with Gasteiger partial charge in [-0.3, -0.25) is 0 Å². The zero-order valence-corrected chi connectivity index (χ0v) is 12.2. The molecule has 0 bridgehead atoms. The Morgan fingerprint density at radius 1 is 1.06 bits per heavy atom. The minimum Gasteiger partial charge on any atom is -0.329 e. The van der Waals surface area contributed by atoms with E-state index in [1.54, 1.807) is 0 Å². The maximum Gasteiger partial charge on any atom is 0.0304 e. The zero-order valence-electron chi connectivity index (χ0n) is 12.2.